The van der Waals surface area contributed by atoms with Crippen LogP contribution in [-0.4, -0.2) is 54.1 Å². The van der Waals surface area contributed by atoms with Crippen LogP contribution < -0.4 is 0 Å². The van der Waals surface area contributed by atoms with Crippen molar-refractivity contribution < 1.29 is 14.3 Å². The van der Waals surface area contributed by atoms with Crippen LogP contribution in [0.1, 0.15) is 18.4 Å². The number of ether oxygens (including phenoxy) is 1. The van der Waals surface area contributed by atoms with Crippen LogP contribution in [0.2, 0.25) is 0 Å². The summed E-state index contributed by atoms with van der Waals surface area (Å²) in [5, 5.41) is 0. The number of hydrogen-bond acceptors (Lipinski definition) is 4. The molecular weight excluding hydrogens is 328 g/mol. The zero-order valence-corrected chi connectivity index (χ0v) is 15.0. The number of imide groups is 1. The van der Waals surface area contributed by atoms with E-state index in [2.05, 4.69) is 11.5 Å². The molecule has 3 atom stereocenters. The SMILES string of the molecule is C=CCN1C[C@H](C(=O)N2C(=O)OC[C@@H]2Cc2ccccc2)[C@H](C2CC2)C1. The van der Waals surface area contributed by atoms with E-state index in [9.17, 15) is 9.59 Å². The fourth-order valence-electron chi connectivity index (χ4n) is 4.45. The first-order chi connectivity index (χ1) is 12.7. The first-order valence-electron chi connectivity index (χ1n) is 9.54. The lowest BCUT2D eigenvalue weighted by Gasteiger charge is -2.25. The largest absolute Gasteiger partial charge is 0.447 e. The molecule has 1 saturated carbocycles. The molecule has 2 aliphatic heterocycles. The number of cyclic esters (lactones) is 1. The molecule has 26 heavy (non-hydrogen) atoms. The number of amides is 2. The maximum atomic E-state index is 13.3. The number of rotatable bonds is 6. The minimum Gasteiger partial charge on any atom is -0.447 e. The Morgan fingerprint density at radius 1 is 1.23 bits per heavy atom. The highest BCUT2D eigenvalue weighted by Gasteiger charge is 2.49. The molecule has 0 radical (unpaired) electrons. The summed E-state index contributed by atoms with van der Waals surface area (Å²) in [5.41, 5.74) is 1.12. The second-order valence-corrected chi connectivity index (χ2v) is 7.74. The zero-order valence-electron chi connectivity index (χ0n) is 15.0. The van der Waals surface area contributed by atoms with Crippen molar-refractivity contribution in [3.8, 4) is 0 Å². The Kier molecular flexibility index (Phi) is 4.81. The van der Waals surface area contributed by atoms with Crippen LogP contribution in [0.25, 0.3) is 0 Å². The van der Waals surface area contributed by atoms with E-state index in [0.717, 1.165) is 18.7 Å². The number of hydrogen-bond donors (Lipinski definition) is 0. The van der Waals surface area contributed by atoms with Gasteiger partial charge in [0.25, 0.3) is 0 Å². The maximum absolute atomic E-state index is 13.3. The Hall–Kier alpha value is -2.14. The molecule has 3 aliphatic rings. The molecule has 0 unspecified atom stereocenters. The second kappa shape index (κ2) is 7.23. The van der Waals surface area contributed by atoms with Gasteiger partial charge in [-0.2, -0.15) is 0 Å². The molecule has 0 spiro atoms. The molecule has 5 nitrogen and oxygen atoms in total. The van der Waals surface area contributed by atoms with Crippen LogP contribution >= 0.6 is 0 Å². The minimum atomic E-state index is -0.479. The quantitative estimate of drug-likeness (QED) is 0.737. The third-order valence-electron chi connectivity index (χ3n) is 5.89. The van der Waals surface area contributed by atoms with Gasteiger partial charge in [0.1, 0.15) is 6.61 Å². The summed E-state index contributed by atoms with van der Waals surface area (Å²) in [6, 6.07) is 9.78. The maximum Gasteiger partial charge on any atom is 0.416 e. The Bertz CT molecular complexity index is 686. The third kappa shape index (κ3) is 3.40. The predicted octanol–water partition coefficient (Wildman–Crippen LogP) is 2.72. The van der Waals surface area contributed by atoms with Crippen molar-refractivity contribution in [2.75, 3.05) is 26.2 Å². The number of likely N-dealkylation sites (tertiary alicyclic amines) is 1. The first kappa shape index (κ1) is 17.3. The van der Waals surface area contributed by atoms with Crippen LogP contribution in [0.15, 0.2) is 43.0 Å². The van der Waals surface area contributed by atoms with E-state index in [1.807, 2.05) is 36.4 Å². The van der Waals surface area contributed by atoms with Crippen LogP contribution in [-0.2, 0) is 16.0 Å². The average Bonchev–Trinajstić information content (AvgIpc) is 3.31. The van der Waals surface area contributed by atoms with Gasteiger partial charge in [0, 0.05) is 19.6 Å². The van der Waals surface area contributed by atoms with Crippen molar-refractivity contribution in [2.24, 2.45) is 17.8 Å². The van der Waals surface area contributed by atoms with E-state index < -0.39 is 6.09 Å². The normalized spacial score (nSPS) is 29.0. The van der Waals surface area contributed by atoms with Crippen molar-refractivity contribution >= 4 is 12.0 Å². The lowest BCUT2D eigenvalue weighted by Crippen LogP contribution is -2.45. The molecule has 0 aromatic heterocycles. The molecule has 138 valence electrons. The summed E-state index contributed by atoms with van der Waals surface area (Å²) in [6.45, 7) is 6.55. The van der Waals surface area contributed by atoms with Gasteiger partial charge in [-0.25, -0.2) is 9.69 Å². The summed E-state index contributed by atoms with van der Waals surface area (Å²) in [5.74, 6) is 0.835. The second-order valence-electron chi connectivity index (χ2n) is 7.74. The van der Waals surface area contributed by atoms with E-state index in [1.54, 1.807) is 0 Å². The molecule has 2 amide bonds. The van der Waals surface area contributed by atoms with E-state index in [1.165, 1.54) is 17.7 Å². The number of carbonyl (C=O) groups excluding carboxylic acids is 2. The number of nitrogens with zero attached hydrogens (tertiary/aromatic N) is 2. The first-order valence-corrected chi connectivity index (χ1v) is 9.54. The van der Waals surface area contributed by atoms with Crippen molar-refractivity contribution in [3.63, 3.8) is 0 Å². The molecule has 5 heteroatoms. The van der Waals surface area contributed by atoms with Gasteiger partial charge in [0.15, 0.2) is 0 Å². The average molecular weight is 354 g/mol. The topological polar surface area (TPSA) is 49.9 Å². The molecule has 0 N–H and O–H groups in total. The molecule has 2 heterocycles. The van der Waals surface area contributed by atoms with E-state index >= 15 is 0 Å². The van der Waals surface area contributed by atoms with Crippen LogP contribution in [0.3, 0.4) is 0 Å². The van der Waals surface area contributed by atoms with Crippen LogP contribution in [0, 0.1) is 17.8 Å². The summed E-state index contributed by atoms with van der Waals surface area (Å²) < 4.78 is 5.25. The van der Waals surface area contributed by atoms with E-state index in [0.29, 0.717) is 24.8 Å². The summed E-state index contributed by atoms with van der Waals surface area (Å²) >= 11 is 0. The Morgan fingerprint density at radius 3 is 2.69 bits per heavy atom. The van der Waals surface area contributed by atoms with Gasteiger partial charge in [-0.3, -0.25) is 9.69 Å². The summed E-state index contributed by atoms with van der Waals surface area (Å²) in [7, 11) is 0. The Morgan fingerprint density at radius 2 is 2.00 bits per heavy atom. The van der Waals surface area contributed by atoms with Crippen molar-refractivity contribution in [1.29, 1.82) is 0 Å². The molecule has 0 bridgehead atoms. The van der Waals surface area contributed by atoms with E-state index in [4.69, 9.17) is 4.74 Å². The lowest BCUT2D eigenvalue weighted by molar-refractivity contribution is -0.134. The van der Waals surface area contributed by atoms with Gasteiger partial charge in [-0.05, 0) is 36.7 Å². The minimum absolute atomic E-state index is 0.0445. The van der Waals surface area contributed by atoms with Crippen LogP contribution in [0.4, 0.5) is 4.79 Å². The van der Waals surface area contributed by atoms with Gasteiger partial charge < -0.3 is 4.74 Å². The molecule has 1 aromatic rings. The fraction of sp³-hybridized carbons (Fsp3) is 0.524. The smallest absolute Gasteiger partial charge is 0.416 e. The number of carbonyl (C=O) groups is 2. The fourth-order valence-corrected chi connectivity index (χ4v) is 4.45. The van der Waals surface area contributed by atoms with E-state index in [-0.39, 0.29) is 24.5 Å². The zero-order chi connectivity index (χ0) is 18.1. The third-order valence-corrected chi connectivity index (χ3v) is 5.89. The van der Waals surface area contributed by atoms with Crippen LogP contribution in [0.5, 0.6) is 0 Å². The van der Waals surface area contributed by atoms with Gasteiger partial charge in [-0.1, -0.05) is 36.4 Å². The highest BCUT2D eigenvalue weighted by Crippen LogP contribution is 2.44. The highest BCUT2D eigenvalue weighted by atomic mass is 16.6. The molecule has 3 fully saturated rings. The van der Waals surface area contributed by atoms with Gasteiger partial charge in [0.2, 0.25) is 5.91 Å². The highest BCUT2D eigenvalue weighted by molar-refractivity contribution is 5.95. The summed E-state index contributed by atoms with van der Waals surface area (Å²) in [4.78, 5) is 29.3. The Labute approximate surface area is 154 Å². The van der Waals surface area contributed by atoms with Gasteiger partial charge in [0.05, 0.1) is 12.0 Å². The van der Waals surface area contributed by atoms with Crippen molar-refractivity contribution in [3.05, 3.63) is 48.6 Å². The molecule has 4 rings (SSSR count). The van der Waals surface area contributed by atoms with Crippen molar-refractivity contribution in [2.45, 2.75) is 25.3 Å². The molecular formula is C21H26N2O3. The Balaban J connectivity index is 1.50. The van der Waals surface area contributed by atoms with Gasteiger partial charge in [-0.15, -0.1) is 6.58 Å². The van der Waals surface area contributed by atoms with Crippen molar-refractivity contribution in [1.82, 2.24) is 9.80 Å². The molecule has 1 aromatic carbocycles. The standard InChI is InChI=1S/C21H26N2O3/c1-2-10-22-12-18(16-8-9-16)19(13-22)20(24)23-17(14-26-21(23)25)11-15-6-4-3-5-7-15/h2-7,16-19H,1,8-14H2/t17-,18-,19-/m0/s1. The number of benzene rings is 1. The summed E-state index contributed by atoms with van der Waals surface area (Å²) in [6.07, 6.45) is 4.46. The lowest BCUT2D eigenvalue weighted by atomic mass is 9.90. The molecule has 2 saturated heterocycles. The van der Waals surface area contributed by atoms with Gasteiger partial charge >= 0.3 is 6.09 Å². The monoisotopic (exact) mass is 354 g/mol. The molecule has 1 aliphatic carbocycles. The predicted molar refractivity (Wildman–Crippen MR) is 98.5 cm³/mol.